The fourth-order valence-electron chi connectivity index (χ4n) is 1.69. The zero-order valence-corrected chi connectivity index (χ0v) is 12.0. The van der Waals surface area contributed by atoms with E-state index in [-0.39, 0.29) is 11.0 Å². The van der Waals surface area contributed by atoms with Crippen LogP contribution in [0.2, 0.25) is 0 Å². The van der Waals surface area contributed by atoms with Crippen molar-refractivity contribution in [1.29, 1.82) is 0 Å². The highest BCUT2D eigenvalue weighted by molar-refractivity contribution is 5.47. The fraction of sp³-hybridized carbons (Fsp3) is 0.600. The van der Waals surface area contributed by atoms with Gasteiger partial charge in [0.15, 0.2) is 0 Å². The summed E-state index contributed by atoms with van der Waals surface area (Å²) >= 11 is 0. The van der Waals surface area contributed by atoms with Crippen molar-refractivity contribution in [2.75, 3.05) is 18.5 Å². The molecule has 1 aromatic carbocycles. The Bertz CT molecular complexity index is 358. The maximum absolute atomic E-state index is 6.24. The molecule has 0 radical (unpaired) electrons. The van der Waals surface area contributed by atoms with Crippen molar-refractivity contribution in [2.45, 2.75) is 40.2 Å². The second-order valence-corrected chi connectivity index (χ2v) is 6.30. The molecule has 0 aromatic heterocycles. The van der Waals surface area contributed by atoms with Gasteiger partial charge < -0.3 is 10.6 Å². The van der Waals surface area contributed by atoms with Crippen LogP contribution in [0.3, 0.4) is 0 Å². The highest BCUT2D eigenvalue weighted by Crippen LogP contribution is 2.30. The van der Waals surface area contributed by atoms with E-state index in [0.29, 0.717) is 0 Å². The number of hydrogen-bond donors (Lipinski definition) is 1. The van der Waals surface area contributed by atoms with Gasteiger partial charge in [0.1, 0.15) is 0 Å². The normalized spacial score (nSPS) is 12.6. The second-order valence-electron chi connectivity index (χ2n) is 6.30. The van der Waals surface area contributed by atoms with E-state index >= 15 is 0 Å². The average Bonchev–Trinajstić information content (AvgIpc) is 2.16. The molecular formula is C15H26N2. The molecule has 2 heteroatoms. The summed E-state index contributed by atoms with van der Waals surface area (Å²) in [7, 11) is 2.12. The Labute approximate surface area is 106 Å². The SMILES string of the molecule is Cc1ccc(N(C)CC(C)(C)C(C)(C)N)cc1. The summed E-state index contributed by atoms with van der Waals surface area (Å²) in [5.74, 6) is 0. The van der Waals surface area contributed by atoms with Crippen LogP contribution in [0.25, 0.3) is 0 Å². The van der Waals surface area contributed by atoms with Gasteiger partial charge in [0, 0.05) is 24.8 Å². The third-order valence-corrected chi connectivity index (χ3v) is 3.85. The molecule has 96 valence electrons. The quantitative estimate of drug-likeness (QED) is 0.867. The minimum absolute atomic E-state index is 0.0621. The van der Waals surface area contributed by atoms with Crippen molar-refractivity contribution >= 4 is 5.69 Å². The first-order valence-corrected chi connectivity index (χ1v) is 6.20. The Morgan fingerprint density at radius 1 is 1.06 bits per heavy atom. The molecule has 0 saturated heterocycles. The van der Waals surface area contributed by atoms with Gasteiger partial charge in [-0.3, -0.25) is 0 Å². The summed E-state index contributed by atoms with van der Waals surface area (Å²) in [5.41, 5.74) is 8.65. The first-order chi connectivity index (χ1) is 7.63. The first kappa shape index (κ1) is 14.0. The molecule has 0 unspecified atom stereocenters. The zero-order valence-electron chi connectivity index (χ0n) is 12.0. The summed E-state index contributed by atoms with van der Waals surface area (Å²) in [6, 6.07) is 8.61. The summed E-state index contributed by atoms with van der Waals surface area (Å²) in [4.78, 5) is 2.27. The third-order valence-electron chi connectivity index (χ3n) is 3.85. The van der Waals surface area contributed by atoms with Crippen LogP contribution in [0.15, 0.2) is 24.3 Å². The number of rotatable bonds is 4. The monoisotopic (exact) mass is 234 g/mol. The van der Waals surface area contributed by atoms with Gasteiger partial charge in [0.25, 0.3) is 0 Å². The van der Waals surface area contributed by atoms with Crippen molar-refractivity contribution in [1.82, 2.24) is 0 Å². The van der Waals surface area contributed by atoms with Gasteiger partial charge in [-0.1, -0.05) is 31.5 Å². The molecule has 17 heavy (non-hydrogen) atoms. The van der Waals surface area contributed by atoms with Crippen LogP contribution in [0.5, 0.6) is 0 Å². The van der Waals surface area contributed by atoms with Gasteiger partial charge in [-0.15, -0.1) is 0 Å². The molecule has 2 N–H and O–H groups in total. The van der Waals surface area contributed by atoms with Crippen molar-refractivity contribution in [2.24, 2.45) is 11.1 Å². The van der Waals surface area contributed by atoms with E-state index in [9.17, 15) is 0 Å². The van der Waals surface area contributed by atoms with Crippen LogP contribution in [0, 0.1) is 12.3 Å². The largest absolute Gasteiger partial charge is 0.374 e. The number of anilines is 1. The Hall–Kier alpha value is -1.02. The van der Waals surface area contributed by atoms with E-state index < -0.39 is 0 Å². The van der Waals surface area contributed by atoms with Gasteiger partial charge in [-0.2, -0.15) is 0 Å². The van der Waals surface area contributed by atoms with E-state index in [1.807, 2.05) is 0 Å². The molecule has 1 aromatic rings. The molecule has 0 aliphatic rings. The van der Waals surface area contributed by atoms with E-state index in [2.05, 4.69) is 70.8 Å². The maximum atomic E-state index is 6.24. The number of hydrogen-bond acceptors (Lipinski definition) is 2. The highest BCUT2D eigenvalue weighted by atomic mass is 15.1. The third kappa shape index (κ3) is 3.47. The highest BCUT2D eigenvalue weighted by Gasteiger charge is 2.34. The molecule has 1 rings (SSSR count). The van der Waals surface area contributed by atoms with Gasteiger partial charge in [-0.25, -0.2) is 0 Å². The van der Waals surface area contributed by atoms with Crippen molar-refractivity contribution in [3.63, 3.8) is 0 Å². The molecule has 0 aliphatic heterocycles. The summed E-state index contributed by atoms with van der Waals surface area (Å²) in [6.07, 6.45) is 0. The molecule has 0 heterocycles. The molecule has 0 spiro atoms. The molecule has 0 bridgehead atoms. The van der Waals surface area contributed by atoms with Gasteiger partial charge in [0.2, 0.25) is 0 Å². The van der Waals surface area contributed by atoms with Gasteiger partial charge in [0.05, 0.1) is 0 Å². The fourth-order valence-corrected chi connectivity index (χ4v) is 1.69. The van der Waals surface area contributed by atoms with Crippen LogP contribution >= 0.6 is 0 Å². The topological polar surface area (TPSA) is 29.3 Å². The second kappa shape index (κ2) is 4.69. The Balaban J connectivity index is 2.79. The van der Waals surface area contributed by atoms with Crippen LogP contribution in [0.4, 0.5) is 5.69 Å². The van der Waals surface area contributed by atoms with Crippen LogP contribution in [-0.4, -0.2) is 19.1 Å². The van der Waals surface area contributed by atoms with Crippen LogP contribution in [-0.2, 0) is 0 Å². The summed E-state index contributed by atoms with van der Waals surface area (Å²) < 4.78 is 0. The van der Waals surface area contributed by atoms with E-state index in [0.717, 1.165) is 6.54 Å². The lowest BCUT2D eigenvalue weighted by molar-refractivity contribution is 0.210. The van der Waals surface area contributed by atoms with Crippen molar-refractivity contribution in [3.8, 4) is 0 Å². The number of nitrogens with two attached hydrogens (primary N) is 1. The Morgan fingerprint density at radius 3 is 1.94 bits per heavy atom. The number of benzene rings is 1. The molecule has 0 fully saturated rings. The molecule has 2 nitrogen and oxygen atoms in total. The Morgan fingerprint density at radius 2 is 1.53 bits per heavy atom. The van der Waals surface area contributed by atoms with Crippen molar-refractivity contribution < 1.29 is 0 Å². The number of aryl methyl sites for hydroxylation is 1. The molecule has 0 amide bonds. The van der Waals surface area contributed by atoms with Gasteiger partial charge in [-0.05, 0) is 38.3 Å². The summed E-state index contributed by atoms with van der Waals surface area (Å²) in [5, 5.41) is 0. The average molecular weight is 234 g/mol. The number of nitrogens with zero attached hydrogens (tertiary/aromatic N) is 1. The standard InChI is InChI=1S/C15H26N2/c1-12-7-9-13(10-8-12)17(6)11-14(2,3)15(4,5)16/h7-10H,11,16H2,1-6H3. The van der Waals surface area contributed by atoms with Crippen LogP contribution < -0.4 is 10.6 Å². The van der Waals surface area contributed by atoms with E-state index in [4.69, 9.17) is 5.73 Å². The zero-order chi connectivity index (χ0) is 13.3. The predicted molar refractivity (Wildman–Crippen MR) is 76.5 cm³/mol. The Kier molecular flexibility index (Phi) is 3.88. The lowest BCUT2D eigenvalue weighted by Crippen LogP contribution is -2.52. The lowest BCUT2D eigenvalue weighted by atomic mass is 9.75. The maximum Gasteiger partial charge on any atom is 0.0363 e. The van der Waals surface area contributed by atoms with E-state index in [1.165, 1.54) is 11.3 Å². The van der Waals surface area contributed by atoms with Crippen LogP contribution in [0.1, 0.15) is 33.3 Å². The summed E-state index contributed by atoms with van der Waals surface area (Å²) in [6.45, 7) is 11.7. The predicted octanol–water partition coefficient (Wildman–Crippen LogP) is 3.19. The van der Waals surface area contributed by atoms with E-state index in [1.54, 1.807) is 0 Å². The lowest BCUT2D eigenvalue weighted by Gasteiger charge is -2.41. The molecular weight excluding hydrogens is 208 g/mol. The van der Waals surface area contributed by atoms with Crippen molar-refractivity contribution in [3.05, 3.63) is 29.8 Å². The molecule has 0 saturated carbocycles. The van der Waals surface area contributed by atoms with Gasteiger partial charge >= 0.3 is 0 Å². The molecule has 0 atom stereocenters. The minimum atomic E-state index is -0.189. The molecule has 0 aliphatic carbocycles. The first-order valence-electron chi connectivity index (χ1n) is 6.20. The minimum Gasteiger partial charge on any atom is -0.374 e. The smallest absolute Gasteiger partial charge is 0.0363 e.